The van der Waals surface area contributed by atoms with Crippen molar-refractivity contribution < 1.29 is 9.50 Å². The van der Waals surface area contributed by atoms with Crippen LogP contribution in [0.2, 0.25) is 0 Å². The number of aliphatic hydroxyl groups is 1. The lowest BCUT2D eigenvalue weighted by Gasteiger charge is -2.23. The Morgan fingerprint density at radius 3 is 2.74 bits per heavy atom. The second-order valence-corrected chi connectivity index (χ2v) is 4.60. The molecule has 0 aromatic heterocycles. The Bertz CT molecular complexity index is 381. The molecule has 1 aromatic carbocycles. The van der Waals surface area contributed by atoms with E-state index in [-0.39, 0.29) is 45.0 Å². The fourth-order valence-corrected chi connectivity index (χ4v) is 2.32. The molecule has 2 atom stereocenters. The lowest BCUT2D eigenvalue weighted by Crippen LogP contribution is -2.33. The number of β-amino-alcohol motifs (C(OH)–C–C–N with tert-alkyl or cyclic N) is 1. The van der Waals surface area contributed by atoms with Gasteiger partial charge in [0.05, 0.1) is 6.10 Å². The number of hydrogen-bond donors (Lipinski definition) is 2. The van der Waals surface area contributed by atoms with Gasteiger partial charge in [-0.2, -0.15) is 27.0 Å². The van der Waals surface area contributed by atoms with Gasteiger partial charge in [0.15, 0.2) is 0 Å². The Balaban J connectivity index is 0.00000162. The number of benzene rings is 1. The summed E-state index contributed by atoms with van der Waals surface area (Å²) in [6.45, 7) is 2.43. The van der Waals surface area contributed by atoms with Crippen LogP contribution in [0.25, 0.3) is 0 Å². The normalized spacial score (nSPS) is 20.5. The van der Waals surface area contributed by atoms with Crippen LogP contribution in [0.3, 0.4) is 0 Å². The molecular weight excluding hydrogens is 283 g/mol. The molecule has 0 unspecified atom stereocenters. The molecule has 110 valence electrons. The molecule has 0 amide bonds. The van der Waals surface area contributed by atoms with Crippen molar-refractivity contribution in [2.45, 2.75) is 18.6 Å². The summed E-state index contributed by atoms with van der Waals surface area (Å²) in [5.74, 6) is -0.204. The quantitative estimate of drug-likeness (QED) is 0.882. The van der Waals surface area contributed by atoms with Crippen molar-refractivity contribution in [1.29, 1.82) is 0 Å². The van der Waals surface area contributed by atoms with Crippen LogP contribution in [0.5, 0.6) is 0 Å². The van der Waals surface area contributed by atoms with E-state index in [1.165, 1.54) is 6.07 Å². The highest BCUT2D eigenvalue weighted by molar-refractivity contribution is 7.59. The number of likely N-dealkylation sites (N-methyl/N-ethyl adjacent to an activating group) is 1. The van der Waals surface area contributed by atoms with Crippen molar-refractivity contribution in [3.8, 4) is 0 Å². The molecule has 1 heterocycles. The van der Waals surface area contributed by atoms with Gasteiger partial charge in [0.1, 0.15) is 5.82 Å². The minimum absolute atomic E-state index is 0. The zero-order valence-corrected chi connectivity index (χ0v) is 13.1. The summed E-state index contributed by atoms with van der Waals surface area (Å²) < 4.78 is 13.2. The Labute approximate surface area is 128 Å². The first kappa shape index (κ1) is 18.7. The molecule has 0 saturated carbocycles. The van der Waals surface area contributed by atoms with E-state index in [1.54, 1.807) is 12.1 Å². The average Bonchev–Trinajstić information content (AvgIpc) is 2.72. The summed E-state index contributed by atoms with van der Waals surface area (Å²) in [6, 6.07) is 6.78. The van der Waals surface area contributed by atoms with Crippen molar-refractivity contribution in [2.24, 2.45) is 0 Å². The van der Waals surface area contributed by atoms with Crippen LogP contribution in [-0.2, 0) is 0 Å². The third kappa shape index (κ3) is 5.31. The molecular formula is C13H23FN2OS2. The topological polar surface area (TPSA) is 35.5 Å². The molecule has 0 spiro atoms. The maximum absolute atomic E-state index is 13.2. The van der Waals surface area contributed by atoms with Crippen LogP contribution in [0.1, 0.15) is 18.0 Å². The van der Waals surface area contributed by atoms with E-state index in [0.29, 0.717) is 6.54 Å². The van der Waals surface area contributed by atoms with E-state index in [1.807, 2.05) is 13.1 Å². The molecule has 1 aliphatic heterocycles. The van der Waals surface area contributed by atoms with E-state index in [0.717, 1.165) is 25.1 Å². The molecule has 19 heavy (non-hydrogen) atoms. The number of hydrogen-bond acceptors (Lipinski definition) is 3. The highest BCUT2D eigenvalue weighted by Crippen LogP contribution is 2.18. The van der Waals surface area contributed by atoms with Gasteiger partial charge in [-0.05, 0) is 31.2 Å². The van der Waals surface area contributed by atoms with Gasteiger partial charge in [0, 0.05) is 25.7 Å². The summed E-state index contributed by atoms with van der Waals surface area (Å²) in [6.07, 6.45) is 0.625. The lowest BCUT2D eigenvalue weighted by atomic mass is 10.1. The highest BCUT2D eigenvalue weighted by Gasteiger charge is 2.23. The largest absolute Gasteiger partial charge is 0.392 e. The first-order valence-electron chi connectivity index (χ1n) is 6.02. The minimum Gasteiger partial charge on any atom is -0.392 e. The molecule has 1 aliphatic rings. The standard InChI is InChI=1S/C13H19FN2O.2H2S/c1-15-13(9-16-6-5-12(17)8-16)10-3-2-4-11(14)7-10;;/h2-4,7,12-13,15,17H,5-6,8-9H2,1H3;2*1H2/t12-,13+;;/m0../s1. The summed E-state index contributed by atoms with van der Waals surface area (Å²) in [7, 11) is 1.88. The summed E-state index contributed by atoms with van der Waals surface area (Å²) in [4.78, 5) is 2.21. The smallest absolute Gasteiger partial charge is 0.123 e. The SMILES string of the molecule is CN[C@H](CN1CC[C@H](O)C1)c1cccc(F)c1.S.S. The maximum Gasteiger partial charge on any atom is 0.123 e. The monoisotopic (exact) mass is 306 g/mol. The molecule has 2 N–H and O–H groups in total. The molecule has 0 aliphatic carbocycles. The van der Waals surface area contributed by atoms with Gasteiger partial charge in [-0.3, -0.25) is 4.90 Å². The zero-order valence-electron chi connectivity index (χ0n) is 11.1. The van der Waals surface area contributed by atoms with Crippen LogP contribution in [0.4, 0.5) is 4.39 Å². The Hall–Kier alpha value is -0.270. The summed E-state index contributed by atoms with van der Waals surface area (Å²) in [5.41, 5.74) is 0.953. The first-order chi connectivity index (χ1) is 8.19. The van der Waals surface area contributed by atoms with Crippen molar-refractivity contribution in [2.75, 3.05) is 26.7 Å². The lowest BCUT2D eigenvalue weighted by molar-refractivity contribution is 0.173. The molecule has 6 heteroatoms. The van der Waals surface area contributed by atoms with Crippen molar-refractivity contribution >= 4 is 27.0 Å². The minimum atomic E-state index is -0.208. The summed E-state index contributed by atoms with van der Waals surface area (Å²) in [5, 5.41) is 12.7. The Morgan fingerprint density at radius 2 is 2.21 bits per heavy atom. The average molecular weight is 306 g/mol. The maximum atomic E-state index is 13.2. The Kier molecular flexibility index (Phi) is 8.69. The van der Waals surface area contributed by atoms with Crippen LogP contribution < -0.4 is 5.32 Å². The van der Waals surface area contributed by atoms with E-state index in [2.05, 4.69) is 10.2 Å². The fraction of sp³-hybridized carbons (Fsp3) is 0.538. The number of halogens is 1. The van der Waals surface area contributed by atoms with Gasteiger partial charge >= 0.3 is 0 Å². The van der Waals surface area contributed by atoms with Gasteiger partial charge in [0.25, 0.3) is 0 Å². The van der Waals surface area contributed by atoms with E-state index in [9.17, 15) is 9.50 Å². The predicted molar refractivity (Wildman–Crippen MR) is 86.0 cm³/mol. The van der Waals surface area contributed by atoms with Crippen molar-refractivity contribution in [1.82, 2.24) is 10.2 Å². The van der Waals surface area contributed by atoms with Crippen molar-refractivity contribution in [3.05, 3.63) is 35.6 Å². The molecule has 0 bridgehead atoms. The van der Waals surface area contributed by atoms with Crippen LogP contribution in [0, 0.1) is 5.82 Å². The molecule has 1 aromatic rings. The second kappa shape index (κ2) is 8.81. The Morgan fingerprint density at radius 1 is 1.47 bits per heavy atom. The predicted octanol–water partition coefficient (Wildman–Crippen LogP) is 1.38. The zero-order chi connectivity index (χ0) is 12.3. The van der Waals surface area contributed by atoms with E-state index < -0.39 is 0 Å². The van der Waals surface area contributed by atoms with E-state index >= 15 is 0 Å². The molecule has 0 radical (unpaired) electrons. The molecule has 1 fully saturated rings. The third-order valence-electron chi connectivity index (χ3n) is 3.29. The number of aliphatic hydroxyl groups excluding tert-OH is 1. The first-order valence-corrected chi connectivity index (χ1v) is 6.02. The van der Waals surface area contributed by atoms with E-state index in [4.69, 9.17) is 0 Å². The number of rotatable bonds is 4. The number of nitrogens with one attached hydrogen (secondary N) is 1. The highest BCUT2D eigenvalue weighted by atomic mass is 32.1. The van der Waals surface area contributed by atoms with Gasteiger partial charge in [-0.25, -0.2) is 4.39 Å². The van der Waals surface area contributed by atoms with Gasteiger partial charge < -0.3 is 10.4 Å². The van der Waals surface area contributed by atoms with Crippen molar-refractivity contribution in [3.63, 3.8) is 0 Å². The van der Waals surface area contributed by atoms with Gasteiger partial charge in [-0.15, -0.1) is 0 Å². The molecule has 3 nitrogen and oxygen atoms in total. The molecule has 2 rings (SSSR count). The third-order valence-corrected chi connectivity index (χ3v) is 3.29. The van der Waals surface area contributed by atoms with Crippen LogP contribution in [0.15, 0.2) is 24.3 Å². The van der Waals surface area contributed by atoms with Crippen LogP contribution >= 0.6 is 27.0 Å². The summed E-state index contributed by atoms with van der Waals surface area (Å²) >= 11 is 0. The fourth-order valence-electron chi connectivity index (χ4n) is 2.32. The number of likely N-dealkylation sites (tertiary alicyclic amines) is 1. The molecule has 1 saturated heterocycles. The second-order valence-electron chi connectivity index (χ2n) is 4.60. The number of nitrogens with zero attached hydrogens (tertiary/aromatic N) is 1. The van der Waals surface area contributed by atoms with Gasteiger partial charge in [0.2, 0.25) is 0 Å². The van der Waals surface area contributed by atoms with Crippen LogP contribution in [-0.4, -0.2) is 42.8 Å². The van der Waals surface area contributed by atoms with Gasteiger partial charge in [-0.1, -0.05) is 12.1 Å².